The molecular weight excluding hydrogens is 296 g/mol. The summed E-state index contributed by atoms with van der Waals surface area (Å²) in [6, 6.07) is 3.37. The van der Waals surface area contributed by atoms with Crippen molar-refractivity contribution >= 4 is 27.1 Å². The number of hydrogen-bond acceptors (Lipinski definition) is 6. The molecule has 1 rings (SSSR count). The van der Waals surface area contributed by atoms with Gasteiger partial charge in [0.15, 0.2) is 0 Å². The molecule has 1 aromatic carbocycles. The van der Waals surface area contributed by atoms with Gasteiger partial charge in [-0.25, -0.2) is 13.6 Å². The van der Waals surface area contributed by atoms with Gasteiger partial charge in [-0.15, -0.1) is 0 Å². The molecule has 0 bridgehead atoms. The fourth-order valence-corrected chi connectivity index (χ4v) is 2.02. The van der Waals surface area contributed by atoms with Crippen molar-refractivity contribution in [3.05, 3.63) is 28.3 Å². The number of anilines is 1. The van der Waals surface area contributed by atoms with Crippen molar-refractivity contribution in [2.24, 2.45) is 16.2 Å². The zero-order chi connectivity index (χ0) is 16.2. The van der Waals surface area contributed by atoms with Crippen LogP contribution in [0.5, 0.6) is 0 Å². The Balaban J connectivity index is 3.17. The zero-order valence-electron chi connectivity index (χ0n) is 12.0. The Morgan fingerprint density at radius 3 is 2.62 bits per heavy atom. The number of nitrogens with zero attached hydrogens (tertiary/aromatic N) is 2. The smallest absolute Gasteiger partial charge is 0.272 e. The summed E-state index contributed by atoms with van der Waals surface area (Å²) in [5.41, 5.74) is 3.10. The van der Waals surface area contributed by atoms with E-state index in [0.717, 1.165) is 18.2 Å². The first kappa shape index (κ1) is 17.1. The number of hydrazone groups is 1. The third-order valence-corrected chi connectivity index (χ3v) is 4.08. The molecule has 1 aromatic rings. The summed E-state index contributed by atoms with van der Waals surface area (Å²) in [5.74, 6) is 0.236. The lowest BCUT2D eigenvalue weighted by Gasteiger charge is -2.09. The summed E-state index contributed by atoms with van der Waals surface area (Å²) in [6.07, 6.45) is 0.892. The molecule has 0 saturated carbocycles. The highest BCUT2D eigenvalue weighted by atomic mass is 32.2. The van der Waals surface area contributed by atoms with E-state index in [0.29, 0.717) is 0 Å². The van der Waals surface area contributed by atoms with E-state index in [-0.39, 0.29) is 16.5 Å². The zero-order valence-corrected chi connectivity index (χ0v) is 12.8. The van der Waals surface area contributed by atoms with Crippen LogP contribution in [0.3, 0.4) is 0 Å². The molecule has 0 aliphatic heterocycles. The van der Waals surface area contributed by atoms with Gasteiger partial charge in [0.25, 0.3) is 5.69 Å². The topological polar surface area (TPSA) is 128 Å². The minimum Gasteiger partial charge on any atom is -0.272 e. The van der Waals surface area contributed by atoms with Crippen LogP contribution >= 0.6 is 0 Å². The fourth-order valence-electron chi connectivity index (χ4n) is 1.49. The second-order valence-corrected chi connectivity index (χ2v) is 6.22. The van der Waals surface area contributed by atoms with Crippen LogP contribution in [-0.2, 0) is 10.0 Å². The number of sulfonamides is 1. The number of hydrogen-bond donors (Lipinski definition) is 2. The molecule has 0 heterocycles. The Kier molecular flexibility index (Phi) is 5.39. The first-order valence-corrected chi connectivity index (χ1v) is 7.82. The Labute approximate surface area is 123 Å². The van der Waals surface area contributed by atoms with Crippen molar-refractivity contribution in [3.63, 3.8) is 0 Å². The summed E-state index contributed by atoms with van der Waals surface area (Å²) in [7, 11) is -3.99. The summed E-state index contributed by atoms with van der Waals surface area (Å²) in [4.78, 5) is 10.0. The van der Waals surface area contributed by atoms with Crippen LogP contribution in [0.2, 0.25) is 0 Å². The monoisotopic (exact) mass is 314 g/mol. The van der Waals surface area contributed by atoms with Gasteiger partial charge in [0.1, 0.15) is 5.69 Å². The SMILES string of the molecule is CCC(C)C(C)=NNc1ccc(S(N)(=O)=O)cc1[N+](=O)[O-]. The molecular formula is C12H18N4O4S. The highest BCUT2D eigenvalue weighted by molar-refractivity contribution is 7.89. The van der Waals surface area contributed by atoms with E-state index in [1.165, 1.54) is 12.1 Å². The molecule has 1 atom stereocenters. The maximum Gasteiger partial charge on any atom is 0.295 e. The van der Waals surface area contributed by atoms with Crippen LogP contribution in [0.25, 0.3) is 0 Å². The minimum absolute atomic E-state index is 0.107. The molecule has 0 fully saturated rings. The molecule has 3 N–H and O–H groups in total. The molecule has 1 unspecified atom stereocenters. The molecule has 0 saturated heterocycles. The Morgan fingerprint density at radius 2 is 2.14 bits per heavy atom. The van der Waals surface area contributed by atoms with E-state index >= 15 is 0 Å². The summed E-state index contributed by atoms with van der Waals surface area (Å²) < 4.78 is 22.4. The molecule has 0 radical (unpaired) electrons. The molecule has 21 heavy (non-hydrogen) atoms. The number of primary sulfonamides is 1. The molecule has 0 amide bonds. The van der Waals surface area contributed by atoms with E-state index in [1.807, 2.05) is 20.8 Å². The molecule has 0 aliphatic rings. The van der Waals surface area contributed by atoms with Crippen molar-refractivity contribution in [3.8, 4) is 0 Å². The van der Waals surface area contributed by atoms with Crippen LogP contribution in [0.4, 0.5) is 11.4 Å². The third-order valence-electron chi connectivity index (χ3n) is 3.17. The second-order valence-electron chi connectivity index (χ2n) is 4.66. The van der Waals surface area contributed by atoms with E-state index in [1.54, 1.807) is 0 Å². The second kappa shape index (κ2) is 6.64. The van der Waals surface area contributed by atoms with Gasteiger partial charge in [-0.2, -0.15) is 5.10 Å². The van der Waals surface area contributed by atoms with Gasteiger partial charge < -0.3 is 0 Å². The number of nitrogens with two attached hydrogens (primary N) is 1. The lowest BCUT2D eigenvalue weighted by atomic mass is 10.1. The highest BCUT2D eigenvalue weighted by Gasteiger charge is 2.19. The average Bonchev–Trinajstić information content (AvgIpc) is 2.42. The largest absolute Gasteiger partial charge is 0.295 e. The number of nitro benzene ring substituents is 1. The van der Waals surface area contributed by atoms with E-state index in [2.05, 4.69) is 10.5 Å². The summed E-state index contributed by atoms with van der Waals surface area (Å²) in [6.45, 7) is 5.80. The molecule has 0 spiro atoms. The summed E-state index contributed by atoms with van der Waals surface area (Å²) >= 11 is 0. The van der Waals surface area contributed by atoms with Crippen LogP contribution in [0.1, 0.15) is 27.2 Å². The van der Waals surface area contributed by atoms with Crippen LogP contribution < -0.4 is 10.6 Å². The molecule has 0 aliphatic carbocycles. The van der Waals surface area contributed by atoms with Crippen molar-refractivity contribution in [2.45, 2.75) is 32.1 Å². The fraction of sp³-hybridized carbons (Fsp3) is 0.417. The molecule has 0 aromatic heterocycles. The van der Waals surface area contributed by atoms with E-state index in [4.69, 9.17) is 5.14 Å². The quantitative estimate of drug-likeness (QED) is 0.472. The molecule has 116 valence electrons. The summed E-state index contributed by atoms with van der Waals surface area (Å²) in [5, 5.41) is 20.1. The van der Waals surface area contributed by atoms with Crippen molar-refractivity contribution < 1.29 is 13.3 Å². The minimum atomic E-state index is -3.99. The van der Waals surface area contributed by atoms with Gasteiger partial charge in [-0.3, -0.25) is 15.5 Å². The van der Waals surface area contributed by atoms with Gasteiger partial charge in [0, 0.05) is 11.8 Å². The number of benzene rings is 1. The third kappa shape index (κ3) is 4.50. The van der Waals surface area contributed by atoms with Crippen LogP contribution in [-0.4, -0.2) is 19.1 Å². The van der Waals surface area contributed by atoms with E-state index in [9.17, 15) is 18.5 Å². The van der Waals surface area contributed by atoms with Crippen molar-refractivity contribution in [2.75, 3.05) is 5.43 Å². The predicted octanol–water partition coefficient (Wildman–Crippen LogP) is 2.08. The van der Waals surface area contributed by atoms with Crippen LogP contribution in [0, 0.1) is 16.0 Å². The number of nitro groups is 1. The Bertz CT molecular complexity index is 670. The standard InChI is InChI=1S/C12H18N4O4S/c1-4-8(2)9(3)14-15-11-6-5-10(21(13,19)20)7-12(11)16(17)18/h5-8,15H,4H2,1-3H3,(H2,13,19,20). The number of nitrogens with one attached hydrogen (secondary N) is 1. The first-order valence-electron chi connectivity index (χ1n) is 6.28. The van der Waals surface area contributed by atoms with Crippen molar-refractivity contribution in [1.29, 1.82) is 0 Å². The molecule has 8 nitrogen and oxygen atoms in total. The average molecular weight is 314 g/mol. The maximum absolute atomic E-state index is 11.2. The highest BCUT2D eigenvalue weighted by Crippen LogP contribution is 2.27. The lowest BCUT2D eigenvalue weighted by molar-refractivity contribution is -0.384. The van der Waals surface area contributed by atoms with Gasteiger partial charge in [0.2, 0.25) is 10.0 Å². The van der Waals surface area contributed by atoms with Gasteiger partial charge in [-0.05, 0) is 31.4 Å². The van der Waals surface area contributed by atoms with Crippen molar-refractivity contribution in [1.82, 2.24) is 0 Å². The van der Waals surface area contributed by atoms with Gasteiger partial charge in [0.05, 0.1) is 9.82 Å². The maximum atomic E-state index is 11.2. The number of rotatable bonds is 6. The molecule has 9 heteroatoms. The van der Waals surface area contributed by atoms with Gasteiger partial charge >= 0.3 is 0 Å². The van der Waals surface area contributed by atoms with E-state index < -0.39 is 20.6 Å². The first-order chi connectivity index (χ1) is 9.66. The Hall–Kier alpha value is -2.00. The van der Waals surface area contributed by atoms with Gasteiger partial charge in [-0.1, -0.05) is 13.8 Å². The lowest BCUT2D eigenvalue weighted by Crippen LogP contribution is -2.13. The van der Waals surface area contributed by atoms with Crippen LogP contribution in [0.15, 0.2) is 28.2 Å². The Morgan fingerprint density at radius 1 is 1.52 bits per heavy atom. The normalized spacial score (nSPS) is 13.8. The predicted molar refractivity (Wildman–Crippen MR) is 80.7 cm³/mol.